The smallest absolute Gasteiger partial charge is 0.259 e. The van der Waals surface area contributed by atoms with Crippen molar-refractivity contribution < 1.29 is 33.0 Å². The van der Waals surface area contributed by atoms with E-state index in [1.807, 2.05) is 57.7 Å². The quantitative estimate of drug-likeness (QED) is 0.170. The molecule has 0 aromatic heterocycles. The molecular weight excluding hydrogens is 734 g/mol. The summed E-state index contributed by atoms with van der Waals surface area (Å²) in [6.45, 7) is 12.5. The molecule has 2 fully saturated rings. The third-order valence-corrected chi connectivity index (χ3v) is 13.3. The Bertz CT molecular complexity index is 1550. The van der Waals surface area contributed by atoms with Crippen molar-refractivity contribution in [2.75, 3.05) is 40.9 Å². The van der Waals surface area contributed by atoms with Gasteiger partial charge in [0.2, 0.25) is 23.4 Å². The molecule has 4 rings (SSSR count). The van der Waals surface area contributed by atoms with Gasteiger partial charge in [0.15, 0.2) is 0 Å². The second-order valence-corrected chi connectivity index (χ2v) is 17.2. The van der Waals surface area contributed by atoms with Gasteiger partial charge in [-0.15, -0.1) is 11.8 Å². The lowest BCUT2D eigenvalue weighted by Gasteiger charge is -2.41. The Hall–Kier alpha value is -3.26. The van der Waals surface area contributed by atoms with Crippen LogP contribution in [-0.2, 0) is 35.1 Å². The number of benzene rings is 1. The molecule has 11 nitrogen and oxygen atoms in total. The molecule has 3 aliphatic heterocycles. The van der Waals surface area contributed by atoms with Gasteiger partial charge in [-0.3, -0.25) is 19.2 Å². The zero-order valence-corrected chi connectivity index (χ0v) is 35.8. The van der Waals surface area contributed by atoms with Crippen LogP contribution >= 0.6 is 11.8 Å². The van der Waals surface area contributed by atoms with Crippen LogP contribution in [0.5, 0.6) is 0 Å². The molecule has 9 atom stereocenters. The zero-order valence-electron chi connectivity index (χ0n) is 34.9. The van der Waals surface area contributed by atoms with E-state index in [0.717, 1.165) is 23.3 Å². The number of nitrogens with one attached hydrogen (secondary N) is 3. The van der Waals surface area contributed by atoms with Gasteiger partial charge in [0, 0.05) is 45.7 Å². The molecule has 3 aliphatic rings. The maximum Gasteiger partial charge on any atom is 0.259 e. The summed E-state index contributed by atoms with van der Waals surface area (Å²) in [5, 5.41) is 11.0. The third-order valence-electron chi connectivity index (χ3n) is 12.0. The van der Waals surface area contributed by atoms with Crippen molar-refractivity contribution in [3.63, 3.8) is 0 Å². The van der Waals surface area contributed by atoms with Gasteiger partial charge >= 0.3 is 0 Å². The lowest BCUT2D eigenvalue weighted by Crippen LogP contribution is -2.59. The van der Waals surface area contributed by atoms with E-state index in [-0.39, 0.29) is 61.0 Å². The van der Waals surface area contributed by atoms with Crippen LogP contribution in [-0.4, -0.2) is 116 Å². The predicted molar refractivity (Wildman–Crippen MR) is 220 cm³/mol. The number of hydrogen-bond acceptors (Lipinski definition) is 8. The van der Waals surface area contributed by atoms with Crippen molar-refractivity contribution in [2.45, 2.75) is 129 Å². The van der Waals surface area contributed by atoms with Crippen LogP contribution in [0.15, 0.2) is 52.3 Å². The highest BCUT2D eigenvalue weighted by Crippen LogP contribution is 2.34. The first-order valence-corrected chi connectivity index (χ1v) is 21.2. The molecule has 3 N–H and O–H groups in total. The summed E-state index contributed by atoms with van der Waals surface area (Å²) >= 11 is 1.65. The minimum atomic E-state index is -2.07. The molecule has 312 valence electrons. The number of allylic oxidation sites excluding steroid dienone is 2. The van der Waals surface area contributed by atoms with Crippen molar-refractivity contribution in [3.8, 4) is 0 Å². The number of rotatable bonds is 19. The number of ether oxygens (including phenoxy) is 2. The van der Waals surface area contributed by atoms with Crippen LogP contribution in [0.2, 0.25) is 0 Å². The van der Waals surface area contributed by atoms with Crippen LogP contribution in [0, 0.1) is 17.8 Å². The number of halogens is 1. The molecule has 1 aromatic carbocycles. The fourth-order valence-electron chi connectivity index (χ4n) is 8.45. The number of alkyl halides is 1. The average Bonchev–Trinajstić information content (AvgIpc) is 3.87. The number of methoxy groups -OCH3 is 2. The Labute approximate surface area is 338 Å². The van der Waals surface area contributed by atoms with E-state index in [0.29, 0.717) is 32.4 Å². The fourth-order valence-corrected chi connectivity index (χ4v) is 9.38. The first-order valence-electron chi connectivity index (χ1n) is 20.3. The molecule has 0 aliphatic carbocycles. The molecule has 2 saturated heterocycles. The lowest BCUT2D eigenvalue weighted by molar-refractivity contribution is -0.148. The number of thioether (sulfide) groups is 1. The Morgan fingerprint density at radius 1 is 1.09 bits per heavy atom. The van der Waals surface area contributed by atoms with Crippen molar-refractivity contribution in [1.82, 2.24) is 25.8 Å². The van der Waals surface area contributed by atoms with Gasteiger partial charge in [-0.2, -0.15) is 0 Å². The van der Waals surface area contributed by atoms with E-state index in [4.69, 9.17) is 9.47 Å². The molecule has 0 bridgehead atoms. The minimum absolute atomic E-state index is 0.00588. The van der Waals surface area contributed by atoms with Crippen LogP contribution < -0.4 is 16.0 Å². The third kappa shape index (κ3) is 11.0. The van der Waals surface area contributed by atoms with Crippen LogP contribution in [0.3, 0.4) is 0 Å². The van der Waals surface area contributed by atoms with Gasteiger partial charge in [-0.1, -0.05) is 83.0 Å². The summed E-state index contributed by atoms with van der Waals surface area (Å²) in [5.41, 5.74) is 0.296. The van der Waals surface area contributed by atoms with Crippen molar-refractivity contribution >= 4 is 35.4 Å². The highest BCUT2D eigenvalue weighted by molar-refractivity contribution is 8.05. The first kappa shape index (κ1) is 45.4. The minimum Gasteiger partial charge on any atom is -0.379 e. The summed E-state index contributed by atoms with van der Waals surface area (Å²) in [6.07, 6.45) is 4.63. The standard InChI is InChI=1S/C43H66FN5O6S/c1-10-28(4)37(48(7)41(52)36(27(2)3)47-42(53)43(44)20-21-45-26-43)34(54-8)25-35(50)49-22-14-19-33(49)38(55-9)30(6)40(51)46-32(24-31-17-12-11-13-18-31)39-29(5)16-15-23-56-39/h11-13,15,17-18,23,27-28,30,32-34,36-38,45H,10,14,16,19-22,24-26H2,1-9H3,(H,46,51)(H,47,53). The summed E-state index contributed by atoms with van der Waals surface area (Å²) in [5.74, 6) is -2.35. The van der Waals surface area contributed by atoms with E-state index < -0.39 is 41.8 Å². The fraction of sp³-hybridized carbons (Fsp3) is 0.674. The SMILES string of the molecule is CCC(C)C(C(CC(=O)N1CCCC1C(OC)C(C)C(=O)NC(Cc1ccccc1)C1=C(C)CC=CS1)OC)N(C)C(=O)C(NC(=O)C1(F)CCNC1)C(C)C. The van der Waals surface area contributed by atoms with Crippen molar-refractivity contribution in [3.05, 3.63) is 57.9 Å². The van der Waals surface area contributed by atoms with Crippen LogP contribution in [0.1, 0.15) is 85.6 Å². The second kappa shape index (κ2) is 20.9. The molecule has 13 heteroatoms. The number of hydrogen-bond donors (Lipinski definition) is 3. The molecular formula is C43H66FN5O6S. The molecule has 0 radical (unpaired) electrons. The number of carbonyl (C=O) groups is 4. The van der Waals surface area contributed by atoms with Gasteiger partial charge in [0.25, 0.3) is 5.91 Å². The Balaban J connectivity index is 1.49. The summed E-state index contributed by atoms with van der Waals surface area (Å²) < 4.78 is 27.4. The van der Waals surface area contributed by atoms with Gasteiger partial charge in [-0.25, -0.2) is 4.39 Å². The number of nitrogens with zero attached hydrogens (tertiary/aromatic N) is 2. The van der Waals surface area contributed by atoms with Crippen molar-refractivity contribution in [1.29, 1.82) is 0 Å². The van der Waals surface area contributed by atoms with Crippen LogP contribution in [0.4, 0.5) is 4.39 Å². The first-order chi connectivity index (χ1) is 26.7. The predicted octanol–water partition coefficient (Wildman–Crippen LogP) is 5.40. The average molecular weight is 800 g/mol. The van der Waals surface area contributed by atoms with Gasteiger partial charge in [0.1, 0.15) is 6.04 Å². The summed E-state index contributed by atoms with van der Waals surface area (Å²) in [4.78, 5) is 60.1. The maximum absolute atomic E-state index is 15.3. The highest BCUT2D eigenvalue weighted by Gasteiger charge is 2.46. The zero-order chi connectivity index (χ0) is 41.2. The largest absolute Gasteiger partial charge is 0.379 e. The highest BCUT2D eigenvalue weighted by atomic mass is 32.2. The lowest BCUT2D eigenvalue weighted by atomic mass is 9.89. The molecule has 1 aromatic rings. The van der Waals surface area contributed by atoms with Gasteiger partial charge in [0.05, 0.1) is 42.7 Å². The Morgan fingerprint density at radius 3 is 2.39 bits per heavy atom. The normalized spacial score (nSPS) is 23.6. The monoisotopic (exact) mass is 799 g/mol. The molecule has 4 amide bonds. The Kier molecular flexibility index (Phi) is 17.0. The second-order valence-electron chi connectivity index (χ2n) is 16.3. The number of likely N-dealkylation sites (tertiary alicyclic amines) is 1. The van der Waals surface area contributed by atoms with E-state index in [1.165, 1.54) is 5.57 Å². The summed E-state index contributed by atoms with van der Waals surface area (Å²) in [7, 11) is 4.81. The van der Waals surface area contributed by atoms with E-state index in [1.54, 1.807) is 37.9 Å². The molecule has 0 spiro atoms. The van der Waals surface area contributed by atoms with E-state index >= 15 is 4.39 Å². The number of likely N-dealkylation sites (N-methyl/N-ethyl adjacent to an activating group) is 1. The van der Waals surface area contributed by atoms with Gasteiger partial charge < -0.3 is 35.2 Å². The Morgan fingerprint density at radius 2 is 1.80 bits per heavy atom. The molecule has 0 saturated carbocycles. The van der Waals surface area contributed by atoms with E-state index in [9.17, 15) is 19.2 Å². The number of carbonyl (C=O) groups excluding carboxylic acids is 4. The molecule has 56 heavy (non-hydrogen) atoms. The van der Waals surface area contributed by atoms with Gasteiger partial charge in [-0.05, 0) is 62.0 Å². The summed E-state index contributed by atoms with van der Waals surface area (Å²) in [6, 6.07) is 8.14. The molecule has 3 heterocycles. The van der Waals surface area contributed by atoms with E-state index in [2.05, 4.69) is 46.5 Å². The number of amides is 4. The maximum atomic E-state index is 15.3. The van der Waals surface area contributed by atoms with Crippen LogP contribution in [0.25, 0.3) is 0 Å². The topological polar surface area (TPSA) is 129 Å². The van der Waals surface area contributed by atoms with Crippen molar-refractivity contribution in [2.24, 2.45) is 17.8 Å². The molecule has 9 unspecified atom stereocenters.